The number of aromatic nitrogens is 2. The molecule has 0 bridgehead atoms. The van der Waals surface area contributed by atoms with Crippen LogP contribution in [0, 0.1) is 5.92 Å². The Bertz CT molecular complexity index is 502. The third-order valence-electron chi connectivity index (χ3n) is 4.18. The molecule has 5 N–H and O–H groups in total. The molecule has 0 aliphatic carbocycles. The van der Waals surface area contributed by atoms with Crippen LogP contribution >= 0.6 is 0 Å². The molecular formula is C14H26N6O3. The Hall–Kier alpha value is -1.71. The van der Waals surface area contributed by atoms with Gasteiger partial charge in [-0.3, -0.25) is 0 Å². The van der Waals surface area contributed by atoms with Crippen LogP contribution < -0.4 is 16.4 Å². The monoisotopic (exact) mass is 326 g/mol. The Morgan fingerprint density at radius 1 is 1.43 bits per heavy atom. The molecule has 9 heteroatoms. The van der Waals surface area contributed by atoms with Crippen molar-refractivity contribution in [1.29, 1.82) is 0 Å². The van der Waals surface area contributed by atoms with E-state index in [-0.39, 0.29) is 30.5 Å². The minimum atomic E-state index is -0.734. The quantitative estimate of drug-likeness (QED) is 0.568. The summed E-state index contributed by atoms with van der Waals surface area (Å²) in [5, 5.41) is 23.3. The van der Waals surface area contributed by atoms with E-state index >= 15 is 0 Å². The van der Waals surface area contributed by atoms with Crippen molar-refractivity contribution < 1.29 is 14.3 Å². The zero-order valence-electron chi connectivity index (χ0n) is 13.7. The summed E-state index contributed by atoms with van der Waals surface area (Å²) in [4.78, 5) is 13.9. The van der Waals surface area contributed by atoms with E-state index in [1.165, 1.54) is 0 Å². The molecule has 3 atom stereocenters. The minimum absolute atomic E-state index is 0.171. The van der Waals surface area contributed by atoms with Crippen molar-refractivity contribution >= 4 is 6.03 Å². The number of nitrogens with one attached hydrogen (secondary N) is 2. The van der Waals surface area contributed by atoms with Gasteiger partial charge in [0.1, 0.15) is 6.04 Å². The maximum absolute atomic E-state index is 12.2. The van der Waals surface area contributed by atoms with Crippen LogP contribution in [0.2, 0.25) is 0 Å². The van der Waals surface area contributed by atoms with Crippen molar-refractivity contribution in [2.24, 2.45) is 11.7 Å². The number of rotatable bonds is 6. The Morgan fingerprint density at radius 3 is 2.70 bits per heavy atom. The highest BCUT2D eigenvalue weighted by molar-refractivity contribution is 5.74. The highest BCUT2D eigenvalue weighted by Crippen LogP contribution is 2.22. The lowest BCUT2D eigenvalue weighted by Gasteiger charge is -2.28. The van der Waals surface area contributed by atoms with Crippen molar-refractivity contribution in [3.8, 4) is 0 Å². The number of aliphatic hydroxyl groups excluding tert-OH is 1. The van der Waals surface area contributed by atoms with Crippen molar-refractivity contribution in [3.05, 3.63) is 11.8 Å². The van der Waals surface area contributed by atoms with Gasteiger partial charge in [0.05, 0.1) is 12.6 Å². The maximum Gasteiger partial charge on any atom is 0.318 e. The number of urea groups is 1. The summed E-state index contributed by atoms with van der Waals surface area (Å²) >= 11 is 0. The molecule has 2 rings (SSSR count). The van der Waals surface area contributed by atoms with Crippen molar-refractivity contribution in [2.45, 2.75) is 32.4 Å². The normalized spacial score (nSPS) is 19.2. The lowest BCUT2D eigenvalue weighted by Crippen LogP contribution is -2.51. The first-order valence-corrected chi connectivity index (χ1v) is 8.02. The molecule has 2 amide bonds. The number of carbonyl (C=O) groups excluding carboxylic acids is 1. The fraction of sp³-hybridized carbons (Fsp3) is 0.786. The Balaban J connectivity index is 2.00. The van der Waals surface area contributed by atoms with Crippen molar-refractivity contribution in [1.82, 2.24) is 25.7 Å². The second-order valence-electron chi connectivity index (χ2n) is 5.81. The Morgan fingerprint density at radius 2 is 2.09 bits per heavy atom. The molecule has 2 heterocycles. The summed E-state index contributed by atoms with van der Waals surface area (Å²) in [7, 11) is 0. The molecule has 1 aromatic heterocycles. The summed E-state index contributed by atoms with van der Waals surface area (Å²) in [5.41, 5.74) is 6.06. The summed E-state index contributed by atoms with van der Waals surface area (Å²) in [5.74, 6) is 0.695. The zero-order valence-corrected chi connectivity index (χ0v) is 13.7. The predicted octanol–water partition coefficient (Wildman–Crippen LogP) is -0.236. The molecule has 1 aliphatic heterocycles. The van der Waals surface area contributed by atoms with Crippen LogP contribution in [0.15, 0.2) is 4.42 Å². The molecule has 1 unspecified atom stereocenters. The zero-order chi connectivity index (χ0) is 16.8. The van der Waals surface area contributed by atoms with Gasteiger partial charge in [0.25, 0.3) is 0 Å². The molecule has 0 radical (unpaired) electrons. The molecule has 130 valence electrons. The van der Waals surface area contributed by atoms with Crippen LogP contribution in [-0.4, -0.2) is 59.0 Å². The molecule has 0 saturated carbocycles. The van der Waals surface area contributed by atoms with Gasteiger partial charge in [-0.25, -0.2) is 4.79 Å². The standard InChI is InChI=1S/C14H26N6O3/c1-3-9(2)11(15)13-19-18-12(23-13)10(8-21)17-14(22)20-6-4-16-5-7-20/h9-11,16,21H,3-8,15H2,1-2H3,(H,17,22)/t9?,10-,11-/m0/s1. The van der Waals surface area contributed by atoms with E-state index in [2.05, 4.69) is 20.8 Å². The summed E-state index contributed by atoms with van der Waals surface area (Å²) in [6.45, 7) is 6.47. The number of nitrogens with zero attached hydrogens (tertiary/aromatic N) is 3. The number of amides is 2. The van der Waals surface area contributed by atoms with Crippen LogP contribution in [0.4, 0.5) is 4.79 Å². The number of aliphatic hydroxyl groups is 1. The highest BCUT2D eigenvalue weighted by atomic mass is 16.4. The van der Waals surface area contributed by atoms with Crippen molar-refractivity contribution in [3.63, 3.8) is 0 Å². The third-order valence-corrected chi connectivity index (χ3v) is 4.18. The van der Waals surface area contributed by atoms with Crippen LogP contribution in [0.3, 0.4) is 0 Å². The van der Waals surface area contributed by atoms with Crippen LogP contribution in [0.25, 0.3) is 0 Å². The average molecular weight is 326 g/mol. The molecule has 0 spiro atoms. The molecule has 9 nitrogen and oxygen atoms in total. The van der Waals surface area contributed by atoms with Crippen LogP contribution in [0.1, 0.15) is 44.1 Å². The number of hydrogen-bond donors (Lipinski definition) is 4. The Kier molecular flexibility index (Phi) is 6.31. The van der Waals surface area contributed by atoms with Crippen LogP contribution in [-0.2, 0) is 0 Å². The number of carbonyl (C=O) groups is 1. The van der Waals surface area contributed by atoms with Gasteiger partial charge in [-0.2, -0.15) is 0 Å². The first-order chi connectivity index (χ1) is 11.1. The summed E-state index contributed by atoms with van der Waals surface area (Å²) in [6.07, 6.45) is 0.891. The third kappa shape index (κ3) is 4.40. The highest BCUT2D eigenvalue weighted by Gasteiger charge is 2.26. The second kappa shape index (κ2) is 8.23. The molecule has 1 saturated heterocycles. The van der Waals surface area contributed by atoms with E-state index in [4.69, 9.17) is 10.2 Å². The van der Waals surface area contributed by atoms with E-state index in [1.54, 1.807) is 4.90 Å². The molecule has 0 aromatic carbocycles. The van der Waals surface area contributed by atoms with E-state index < -0.39 is 6.04 Å². The van der Waals surface area contributed by atoms with Crippen molar-refractivity contribution in [2.75, 3.05) is 32.8 Å². The SMILES string of the molecule is CCC(C)[C@H](N)c1nnc([C@H](CO)NC(=O)N2CCNCC2)o1. The number of nitrogens with two attached hydrogens (primary N) is 1. The van der Waals surface area contributed by atoms with E-state index in [0.717, 1.165) is 19.5 Å². The lowest BCUT2D eigenvalue weighted by atomic mass is 10.0. The van der Waals surface area contributed by atoms with Gasteiger partial charge in [-0.15, -0.1) is 10.2 Å². The fourth-order valence-electron chi connectivity index (χ4n) is 2.31. The summed E-state index contributed by atoms with van der Waals surface area (Å²) in [6, 6.07) is -1.34. The van der Waals surface area contributed by atoms with Gasteiger partial charge < -0.3 is 30.8 Å². The lowest BCUT2D eigenvalue weighted by molar-refractivity contribution is 0.169. The molecular weight excluding hydrogens is 300 g/mol. The second-order valence-corrected chi connectivity index (χ2v) is 5.81. The topological polar surface area (TPSA) is 130 Å². The van der Waals surface area contributed by atoms with E-state index in [0.29, 0.717) is 19.0 Å². The minimum Gasteiger partial charge on any atom is -0.421 e. The van der Waals surface area contributed by atoms with Gasteiger partial charge in [0, 0.05) is 26.2 Å². The molecule has 1 aliphatic rings. The predicted molar refractivity (Wildman–Crippen MR) is 83.5 cm³/mol. The van der Waals surface area contributed by atoms with Gasteiger partial charge in [0.2, 0.25) is 11.8 Å². The van der Waals surface area contributed by atoms with Gasteiger partial charge in [-0.05, 0) is 5.92 Å². The first kappa shape index (κ1) is 17.6. The Labute approximate surface area is 135 Å². The van der Waals surface area contributed by atoms with Crippen LogP contribution in [0.5, 0.6) is 0 Å². The van der Waals surface area contributed by atoms with E-state index in [1.807, 2.05) is 13.8 Å². The fourth-order valence-corrected chi connectivity index (χ4v) is 2.31. The van der Waals surface area contributed by atoms with Gasteiger partial charge >= 0.3 is 6.03 Å². The molecule has 23 heavy (non-hydrogen) atoms. The average Bonchev–Trinajstić information content (AvgIpc) is 3.08. The number of hydrogen-bond acceptors (Lipinski definition) is 7. The molecule has 1 fully saturated rings. The van der Waals surface area contributed by atoms with Gasteiger partial charge in [-0.1, -0.05) is 20.3 Å². The van der Waals surface area contributed by atoms with Gasteiger partial charge in [0.15, 0.2) is 0 Å². The largest absolute Gasteiger partial charge is 0.421 e. The molecule has 1 aromatic rings. The summed E-state index contributed by atoms with van der Waals surface area (Å²) < 4.78 is 5.56. The first-order valence-electron chi connectivity index (χ1n) is 8.02. The number of piperazine rings is 1. The van der Waals surface area contributed by atoms with E-state index in [9.17, 15) is 9.90 Å². The smallest absolute Gasteiger partial charge is 0.318 e. The maximum atomic E-state index is 12.2.